The van der Waals surface area contributed by atoms with Crippen molar-refractivity contribution in [2.24, 2.45) is 5.73 Å². The second-order valence-electron chi connectivity index (χ2n) is 7.87. The molecule has 3 aromatic carbocycles. The Kier molecular flexibility index (Phi) is 5.77. The first-order valence-corrected chi connectivity index (χ1v) is 10.4. The van der Waals surface area contributed by atoms with Gasteiger partial charge < -0.3 is 16.0 Å². The lowest BCUT2D eigenvalue weighted by Gasteiger charge is -2.08. The topological polar surface area (TPSA) is 88.0 Å². The van der Waals surface area contributed by atoms with E-state index in [9.17, 15) is 14.0 Å². The molecule has 1 heterocycles. The summed E-state index contributed by atoms with van der Waals surface area (Å²) in [6.07, 6.45) is 0.597. The number of aromatic nitrogens is 1. The number of hydrogen-bond acceptors (Lipinski definition) is 2. The number of benzene rings is 3. The lowest BCUT2D eigenvalue weighted by atomic mass is 10.0. The number of primary amides is 1. The van der Waals surface area contributed by atoms with Gasteiger partial charge in [-0.2, -0.15) is 0 Å². The highest BCUT2D eigenvalue weighted by Crippen LogP contribution is 2.28. The van der Waals surface area contributed by atoms with Gasteiger partial charge in [0.25, 0.3) is 5.91 Å². The van der Waals surface area contributed by atoms with Crippen molar-refractivity contribution in [1.29, 1.82) is 0 Å². The first-order chi connectivity index (χ1) is 15.3. The summed E-state index contributed by atoms with van der Waals surface area (Å²) in [5.74, 6) is -0.931. The first-order valence-electron chi connectivity index (χ1n) is 10.4. The van der Waals surface area contributed by atoms with Crippen molar-refractivity contribution in [2.75, 3.05) is 6.54 Å². The first kappa shape index (κ1) is 21.3. The van der Waals surface area contributed by atoms with E-state index in [-0.39, 0.29) is 11.7 Å². The van der Waals surface area contributed by atoms with Crippen LogP contribution in [0.2, 0.25) is 0 Å². The van der Waals surface area contributed by atoms with Crippen molar-refractivity contribution >= 4 is 22.7 Å². The van der Waals surface area contributed by atoms with E-state index in [4.69, 9.17) is 5.73 Å². The van der Waals surface area contributed by atoms with Crippen LogP contribution in [-0.2, 0) is 6.42 Å². The maximum Gasteiger partial charge on any atom is 0.251 e. The number of H-pyrrole nitrogens is 1. The van der Waals surface area contributed by atoms with Crippen molar-refractivity contribution in [2.45, 2.75) is 20.3 Å². The van der Waals surface area contributed by atoms with Crippen LogP contribution >= 0.6 is 0 Å². The van der Waals surface area contributed by atoms with Crippen LogP contribution in [-0.4, -0.2) is 23.3 Å². The van der Waals surface area contributed by atoms with Crippen LogP contribution in [0, 0.1) is 19.7 Å². The predicted octanol–water partition coefficient (Wildman–Crippen LogP) is 4.66. The third kappa shape index (κ3) is 4.12. The van der Waals surface area contributed by atoms with E-state index in [2.05, 4.69) is 10.3 Å². The zero-order chi connectivity index (χ0) is 22.8. The molecule has 4 aromatic rings. The van der Waals surface area contributed by atoms with Crippen molar-refractivity contribution < 1.29 is 14.0 Å². The van der Waals surface area contributed by atoms with Crippen molar-refractivity contribution in [3.63, 3.8) is 0 Å². The molecule has 162 valence electrons. The summed E-state index contributed by atoms with van der Waals surface area (Å²) < 4.78 is 14.1. The number of hydrogen-bond donors (Lipinski definition) is 3. The van der Waals surface area contributed by atoms with Crippen LogP contribution < -0.4 is 11.1 Å². The smallest absolute Gasteiger partial charge is 0.251 e. The molecule has 0 spiro atoms. The highest BCUT2D eigenvalue weighted by Gasteiger charge is 2.14. The molecule has 1 aromatic heterocycles. The maximum atomic E-state index is 14.1. The number of rotatable bonds is 6. The Bertz CT molecular complexity index is 1320. The lowest BCUT2D eigenvalue weighted by molar-refractivity contribution is 0.0952. The fraction of sp³-hybridized carbons (Fsp3) is 0.154. The molecule has 0 bridgehead atoms. The van der Waals surface area contributed by atoms with Gasteiger partial charge in [-0.05, 0) is 72.9 Å². The SMILES string of the molecule is Cc1[nH]c2c(F)ccc(C)c2c1CCNC(=O)c1ccc(-c2cccc(C(N)=O)c2)cc1. The average Bonchev–Trinajstić information content (AvgIpc) is 3.14. The lowest BCUT2D eigenvalue weighted by Crippen LogP contribution is -2.25. The van der Waals surface area contributed by atoms with Crippen LogP contribution in [0.4, 0.5) is 4.39 Å². The summed E-state index contributed by atoms with van der Waals surface area (Å²) >= 11 is 0. The Labute approximate surface area is 185 Å². The molecule has 0 aliphatic carbocycles. The number of carbonyl (C=O) groups excluding carboxylic acids is 2. The fourth-order valence-electron chi connectivity index (χ4n) is 4.02. The van der Waals surface area contributed by atoms with E-state index in [1.54, 1.807) is 36.4 Å². The second-order valence-corrected chi connectivity index (χ2v) is 7.87. The Morgan fingerprint density at radius 1 is 0.969 bits per heavy atom. The molecule has 0 radical (unpaired) electrons. The predicted molar refractivity (Wildman–Crippen MR) is 124 cm³/mol. The van der Waals surface area contributed by atoms with Crippen LogP contribution in [0.5, 0.6) is 0 Å². The number of amides is 2. The zero-order valence-electron chi connectivity index (χ0n) is 18.0. The van der Waals surface area contributed by atoms with Gasteiger partial charge in [0.05, 0.1) is 5.52 Å². The number of halogens is 1. The number of nitrogens with one attached hydrogen (secondary N) is 2. The Hall–Kier alpha value is -3.93. The van der Waals surface area contributed by atoms with E-state index in [1.807, 2.05) is 32.0 Å². The van der Waals surface area contributed by atoms with Gasteiger partial charge in [-0.3, -0.25) is 9.59 Å². The highest BCUT2D eigenvalue weighted by molar-refractivity contribution is 5.96. The summed E-state index contributed by atoms with van der Waals surface area (Å²) in [5, 5.41) is 3.83. The maximum absolute atomic E-state index is 14.1. The summed E-state index contributed by atoms with van der Waals surface area (Å²) in [5.41, 5.74) is 11.5. The molecule has 0 unspecified atom stereocenters. The van der Waals surface area contributed by atoms with E-state index in [0.29, 0.717) is 29.6 Å². The van der Waals surface area contributed by atoms with Gasteiger partial charge in [-0.25, -0.2) is 4.39 Å². The zero-order valence-corrected chi connectivity index (χ0v) is 18.0. The Balaban J connectivity index is 1.44. The Morgan fingerprint density at radius 3 is 2.44 bits per heavy atom. The molecule has 0 aliphatic rings. The van der Waals surface area contributed by atoms with Gasteiger partial charge in [0.2, 0.25) is 5.91 Å². The molecule has 0 saturated carbocycles. The average molecular weight is 429 g/mol. The molecule has 5 nitrogen and oxygen atoms in total. The van der Waals surface area contributed by atoms with E-state index < -0.39 is 5.91 Å². The van der Waals surface area contributed by atoms with Crippen LogP contribution in [0.3, 0.4) is 0 Å². The van der Waals surface area contributed by atoms with Crippen molar-refractivity contribution in [3.05, 3.63) is 94.4 Å². The third-order valence-electron chi connectivity index (χ3n) is 5.72. The molecule has 0 aliphatic heterocycles. The van der Waals surface area contributed by atoms with Crippen LogP contribution in [0.25, 0.3) is 22.0 Å². The number of fused-ring (bicyclic) bond motifs is 1. The second kappa shape index (κ2) is 8.67. The minimum absolute atomic E-state index is 0.178. The van der Waals surface area contributed by atoms with Gasteiger partial charge in [0.1, 0.15) is 5.82 Å². The Morgan fingerprint density at radius 2 is 1.72 bits per heavy atom. The monoisotopic (exact) mass is 429 g/mol. The van der Waals surface area contributed by atoms with Crippen molar-refractivity contribution in [3.8, 4) is 11.1 Å². The summed E-state index contributed by atoms with van der Waals surface area (Å²) in [7, 11) is 0. The van der Waals surface area contributed by atoms with Gasteiger partial charge in [-0.1, -0.05) is 30.3 Å². The van der Waals surface area contributed by atoms with Gasteiger partial charge >= 0.3 is 0 Å². The fourth-order valence-corrected chi connectivity index (χ4v) is 4.02. The normalized spacial score (nSPS) is 11.0. The van der Waals surface area contributed by atoms with Crippen LogP contribution in [0.1, 0.15) is 37.5 Å². The van der Waals surface area contributed by atoms with Gasteiger partial charge in [-0.15, -0.1) is 0 Å². The van der Waals surface area contributed by atoms with Gasteiger partial charge in [0.15, 0.2) is 0 Å². The van der Waals surface area contributed by atoms with E-state index >= 15 is 0 Å². The molecule has 4 rings (SSSR count). The summed E-state index contributed by atoms with van der Waals surface area (Å²) in [4.78, 5) is 27.1. The summed E-state index contributed by atoms with van der Waals surface area (Å²) in [6.45, 7) is 4.31. The molecule has 0 atom stereocenters. The van der Waals surface area contributed by atoms with Crippen LogP contribution in [0.15, 0.2) is 60.7 Å². The third-order valence-corrected chi connectivity index (χ3v) is 5.72. The molecule has 32 heavy (non-hydrogen) atoms. The van der Waals surface area contributed by atoms with Crippen molar-refractivity contribution in [1.82, 2.24) is 10.3 Å². The number of aryl methyl sites for hydroxylation is 2. The van der Waals surface area contributed by atoms with E-state index in [1.165, 1.54) is 6.07 Å². The molecule has 0 saturated heterocycles. The number of carbonyl (C=O) groups is 2. The molecule has 2 amide bonds. The van der Waals surface area contributed by atoms with E-state index in [0.717, 1.165) is 33.3 Å². The quantitative estimate of drug-likeness (QED) is 0.416. The largest absolute Gasteiger partial charge is 0.366 e. The molecule has 4 N–H and O–H groups in total. The number of nitrogens with two attached hydrogens (primary N) is 1. The highest BCUT2D eigenvalue weighted by atomic mass is 19.1. The minimum Gasteiger partial charge on any atom is -0.366 e. The molecule has 6 heteroatoms. The minimum atomic E-state index is -0.480. The standard InChI is InChI=1S/C26H24FN3O2/c1-15-6-11-22(27)24-23(15)21(16(2)30-24)12-13-29-26(32)18-9-7-17(8-10-18)19-4-3-5-20(14-19)25(28)31/h3-11,14,30H,12-13H2,1-2H3,(H2,28,31)(H,29,32). The number of aromatic amines is 1. The van der Waals surface area contributed by atoms with Gasteiger partial charge in [0, 0.05) is 28.8 Å². The molecule has 0 fully saturated rings. The summed E-state index contributed by atoms with van der Waals surface area (Å²) in [6, 6.07) is 17.5. The molecular formula is C26H24FN3O2. The molecular weight excluding hydrogens is 405 g/mol.